The van der Waals surface area contributed by atoms with Gasteiger partial charge in [-0.25, -0.2) is 4.79 Å². The predicted molar refractivity (Wildman–Crippen MR) is 99.6 cm³/mol. The van der Waals surface area contributed by atoms with Crippen LogP contribution < -0.4 is 0 Å². The molecule has 2 spiro atoms. The summed E-state index contributed by atoms with van der Waals surface area (Å²) >= 11 is 0. The van der Waals surface area contributed by atoms with E-state index in [1.807, 2.05) is 20.8 Å². The van der Waals surface area contributed by atoms with Crippen LogP contribution in [0.5, 0.6) is 0 Å². The maximum Gasteiger partial charge on any atom is 0.342 e. The van der Waals surface area contributed by atoms with Gasteiger partial charge in [0.05, 0.1) is 23.5 Å². The van der Waals surface area contributed by atoms with Crippen LogP contribution in [-0.4, -0.2) is 81.2 Å². The third kappa shape index (κ3) is 1.54. The lowest BCUT2D eigenvalue weighted by Crippen LogP contribution is -2.67. The lowest BCUT2D eigenvalue weighted by molar-refractivity contribution is -0.263. The average Bonchev–Trinajstić information content (AvgIpc) is 3.34. The van der Waals surface area contributed by atoms with Crippen molar-refractivity contribution in [1.82, 2.24) is 0 Å². The third-order valence-corrected chi connectivity index (χ3v) is 9.14. The molecule has 30 heavy (non-hydrogen) atoms. The number of hydrogen-bond acceptors (Lipinski definition) is 9. The summed E-state index contributed by atoms with van der Waals surface area (Å²) in [5.41, 5.74) is -7.01. The van der Waals surface area contributed by atoms with E-state index in [9.17, 15) is 25.2 Å². The number of ether oxygens (including phenoxy) is 4. The Bertz CT molecular complexity index is 811. The molecule has 0 bridgehead atoms. The smallest absolute Gasteiger partial charge is 0.342 e. The lowest BCUT2D eigenvalue weighted by atomic mass is 9.51. The summed E-state index contributed by atoms with van der Waals surface area (Å²) in [6.07, 6.45) is -6.96. The fourth-order valence-corrected chi connectivity index (χ4v) is 8.36. The minimum atomic E-state index is -1.93. The van der Waals surface area contributed by atoms with E-state index >= 15 is 0 Å². The number of carbonyl (C=O) groups is 1. The molecule has 0 amide bonds. The molecule has 0 radical (unpaired) electrons. The molecule has 2 aliphatic carbocycles. The fraction of sp³-hybridized carbons (Fsp3) is 0.952. The molecule has 4 unspecified atom stereocenters. The molecule has 2 saturated carbocycles. The molecule has 4 heterocycles. The van der Waals surface area contributed by atoms with Crippen LogP contribution in [0, 0.1) is 28.1 Å². The Labute approximate surface area is 175 Å². The molecule has 170 valence electrons. The van der Waals surface area contributed by atoms with E-state index in [2.05, 4.69) is 0 Å². The van der Waals surface area contributed by atoms with Crippen molar-refractivity contribution >= 4 is 5.97 Å². The van der Waals surface area contributed by atoms with E-state index in [4.69, 9.17) is 18.9 Å². The number of carbonyl (C=O) groups excluding carboxylic acids is 1. The molecule has 0 aromatic heterocycles. The SMILES string of the molecule is C.C[C@@H]1COC2[C@H](O)C34C5C[C@@H](C(C)(C)C)C36[C@@H](O[C@H](O)[C@@H]6O)O[C@@]4(C(=O)O5)[C@]21O. The highest BCUT2D eigenvalue weighted by Crippen LogP contribution is 2.84. The first-order valence-corrected chi connectivity index (χ1v) is 10.4. The van der Waals surface area contributed by atoms with E-state index < -0.39 is 76.3 Å². The van der Waals surface area contributed by atoms with Crippen LogP contribution in [0.3, 0.4) is 0 Å². The van der Waals surface area contributed by atoms with Crippen molar-refractivity contribution in [3.05, 3.63) is 0 Å². The molecule has 6 rings (SSSR count). The van der Waals surface area contributed by atoms with Gasteiger partial charge >= 0.3 is 5.97 Å². The van der Waals surface area contributed by atoms with Gasteiger partial charge in [-0.15, -0.1) is 0 Å². The molecule has 4 N–H and O–H groups in total. The molecule has 12 atom stereocenters. The zero-order valence-corrected chi connectivity index (χ0v) is 16.9. The van der Waals surface area contributed by atoms with E-state index in [1.54, 1.807) is 6.92 Å². The van der Waals surface area contributed by atoms with E-state index in [0.29, 0.717) is 6.42 Å². The van der Waals surface area contributed by atoms with E-state index in [1.165, 1.54) is 0 Å². The van der Waals surface area contributed by atoms with Crippen molar-refractivity contribution < 1.29 is 44.2 Å². The summed E-state index contributed by atoms with van der Waals surface area (Å²) in [7, 11) is 0. The second kappa shape index (κ2) is 5.39. The minimum absolute atomic E-state index is 0. The van der Waals surface area contributed by atoms with E-state index in [0.717, 1.165) is 0 Å². The van der Waals surface area contributed by atoms with Gasteiger partial charge in [0.25, 0.3) is 0 Å². The maximum absolute atomic E-state index is 13.4. The van der Waals surface area contributed by atoms with Crippen LogP contribution in [0.15, 0.2) is 0 Å². The first-order valence-electron chi connectivity index (χ1n) is 10.4. The second-order valence-electron chi connectivity index (χ2n) is 10.9. The van der Waals surface area contributed by atoms with Crippen LogP contribution in [0.2, 0.25) is 0 Å². The molecule has 9 nitrogen and oxygen atoms in total. The maximum atomic E-state index is 13.4. The van der Waals surface area contributed by atoms with E-state index in [-0.39, 0.29) is 20.0 Å². The van der Waals surface area contributed by atoms with Gasteiger partial charge in [-0.2, -0.15) is 0 Å². The van der Waals surface area contributed by atoms with Crippen molar-refractivity contribution in [3.63, 3.8) is 0 Å². The number of aliphatic hydroxyl groups excluding tert-OH is 3. The molecule has 6 fully saturated rings. The number of esters is 1. The second-order valence-corrected chi connectivity index (χ2v) is 10.9. The highest BCUT2D eigenvalue weighted by molar-refractivity contribution is 5.89. The quantitative estimate of drug-likeness (QED) is 0.378. The molecular formula is C21H32O9. The normalized spacial score (nSPS) is 62.6. The molecule has 6 aliphatic rings. The molecule has 4 aliphatic heterocycles. The number of rotatable bonds is 0. The van der Waals surface area contributed by atoms with Gasteiger partial charge in [0, 0.05) is 5.92 Å². The monoisotopic (exact) mass is 428 g/mol. The van der Waals surface area contributed by atoms with Gasteiger partial charge < -0.3 is 39.4 Å². The number of hydrogen-bond donors (Lipinski definition) is 4. The Balaban J connectivity index is 0.00000193. The Hall–Kier alpha value is -0.810. The molecule has 0 aromatic carbocycles. The fourth-order valence-electron chi connectivity index (χ4n) is 8.36. The standard InChI is InChI=1S/C20H28O9.CH4/c1-7-6-26-12-10(21)18-9-5-8(16(2,3)4)17(18)11(22)13(23)28-15(17)29-20(18,14(24)27-9)19(7,12)25;/h7-13,15,21-23,25H,5-6H2,1-4H3;1H4/t7-,8+,9?,10+,11+,12?,13+,15+,17?,18?,19-,20-;/m1./s1. The highest BCUT2D eigenvalue weighted by Gasteiger charge is 3.02. The summed E-state index contributed by atoms with van der Waals surface area (Å²) in [6, 6.07) is 0. The van der Waals surface area contributed by atoms with Crippen molar-refractivity contribution in [2.24, 2.45) is 28.1 Å². The zero-order chi connectivity index (χ0) is 20.9. The lowest BCUT2D eigenvalue weighted by Gasteiger charge is -2.49. The van der Waals surface area contributed by atoms with Gasteiger partial charge in [0.1, 0.15) is 23.9 Å². The molecule has 4 saturated heterocycles. The van der Waals surface area contributed by atoms with Crippen molar-refractivity contribution in [2.75, 3.05) is 6.61 Å². The topological polar surface area (TPSA) is 135 Å². The largest absolute Gasteiger partial charge is 0.459 e. The summed E-state index contributed by atoms with van der Waals surface area (Å²) in [6.45, 7) is 7.89. The summed E-state index contributed by atoms with van der Waals surface area (Å²) in [5, 5.41) is 45.4. The van der Waals surface area contributed by atoms with Crippen molar-refractivity contribution in [1.29, 1.82) is 0 Å². The van der Waals surface area contributed by atoms with Gasteiger partial charge in [-0.1, -0.05) is 35.1 Å². The predicted octanol–water partition coefficient (Wildman–Crippen LogP) is -0.468. The minimum Gasteiger partial charge on any atom is -0.459 e. The molecular weight excluding hydrogens is 396 g/mol. The Kier molecular flexibility index (Phi) is 3.78. The van der Waals surface area contributed by atoms with Crippen LogP contribution in [-0.2, 0) is 23.7 Å². The first-order chi connectivity index (χ1) is 13.4. The summed E-state index contributed by atoms with van der Waals surface area (Å²) < 4.78 is 23.5. The van der Waals surface area contributed by atoms with Crippen LogP contribution in [0.4, 0.5) is 0 Å². The Morgan fingerprint density at radius 2 is 1.80 bits per heavy atom. The van der Waals surface area contributed by atoms with Crippen molar-refractivity contribution in [2.45, 2.75) is 89.7 Å². The van der Waals surface area contributed by atoms with Gasteiger partial charge in [0.15, 0.2) is 12.6 Å². The Morgan fingerprint density at radius 1 is 1.13 bits per heavy atom. The molecule has 9 heteroatoms. The van der Waals surface area contributed by atoms with Crippen LogP contribution in [0.1, 0.15) is 41.5 Å². The summed E-state index contributed by atoms with van der Waals surface area (Å²) in [5.74, 6) is -1.59. The van der Waals surface area contributed by atoms with Crippen LogP contribution in [0.25, 0.3) is 0 Å². The zero-order valence-electron chi connectivity index (χ0n) is 16.9. The van der Waals surface area contributed by atoms with Gasteiger partial charge in [-0.3, -0.25) is 0 Å². The average molecular weight is 428 g/mol. The summed E-state index contributed by atoms with van der Waals surface area (Å²) in [4.78, 5) is 13.4. The Morgan fingerprint density at radius 3 is 2.43 bits per heavy atom. The number of fused-ring (bicyclic) bond motifs is 1. The van der Waals surface area contributed by atoms with Gasteiger partial charge in [-0.05, 0) is 17.8 Å². The van der Waals surface area contributed by atoms with Crippen LogP contribution >= 0.6 is 0 Å². The number of aliphatic hydroxyl groups is 4. The van der Waals surface area contributed by atoms with Crippen molar-refractivity contribution in [3.8, 4) is 0 Å². The third-order valence-electron chi connectivity index (χ3n) is 9.14. The van der Waals surface area contributed by atoms with Gasteiger partial charge in [0.2, 0.25) is 5.60 Å². The first kappa shape index (κ1) is 21.1. The molecule has 0 aromatic rings. The highest BCUT2D eigenvalue weighted by atomic mass is 16.8.